The Bertz CT molecular complexity index is 290. The van der Waals surface area contributed by atoms with Gasteiger partial charge in [0.05, 0.1) is 0 Å². The normalized spacial score (nSPS) is 34.5. The first-order valence-electron chi connectivity index (χ1n) is 5.56. The summed E-state index contributed by atoms with van der Waals surface area (Å²) in [5.74, 6) is -3.00. The molecule has 0 N–H and O–H groups in total. The van der Waals surface area contributed by atoms with Crippen LogP contribution in [0.5, 0.6) is 0 Å². The second kappa shape index (κ2) is 3.69. The van der Waals surface area contributed by atoms with E-state index >= 15 is 0 Å². The molecule has 0 heterocycles. The molecule has 1 fully saturated rings. The fourth-order valence-electron chi connectivity index (χ4n) is 2.70. The molecule has 0 spiro atoms. The van der Waals surface area contributed by atoms with E-state index in [4.69, 9.17) is 0 Å². The van der Waals surface area contributed by atoms with Gasteiger partial charge in [0.1, 0.15) is 0 Å². The van der Waals surface area contributed by atoms with Crippen molar-refractivity contribution in [2.45, 2.75) is 38.5 Å². The number of hydrogen-bond donors (Lipinski definition) is 0. The van der Waals surface area contributed by atoms with Gasteiger partial charge in [0.2, 0.25) is 5.78 Å². The highest BCUT2D eigenvalue weighted by Crippen LogP contribution is 2.42. The van der Waals surface area contributed by atoms with E-state index < -0.39 is 11.7 Å². The van der Waals surface area contributed by atoms with Crippen molar-refractivity contribution in [3.05, 3.63) is 12.2 Å². The van der Waals surface area contributed by atoms with Crippen molar-refractivity contribution in [1.29, 1.82) is 0 Å². The van der Waals surface area contributed by atoms with Crippen molar-refractivity contribution in [2.24, 2.45) is 17.8 Å². The van der Waals surface area contributed by atoms with Crippen molar-refractivity contribution < 1.29 is 13.6 Å². The predicted octanol–water partition coefficient (Wildman–Crippen LogP) is 3.20. The highest BCUT2D eigenvalue weighted by molar-refractivity contribution is 5.85. The summed E-state index contributed by atoms with van der Waals surface area (Å²) in [6.07, 6.45) is 7.49. The van der Waals surface area contributed by atoms with Crippen molar-refractivity contribution in [1.82, 2.24) is 0 Å². The van der Waals surface area contributed by atoms with Crippen LogP contribution in [0, 0.1) is 17.8 Å². The summed E-state index contributed by atoms with van der Waals surface area (Å²) in [6, 6.07) is 0. The van der Waals surface area contributed by atoms with Gasteiger partial charge in [0, 0.05) is 13.3 Å². The molecule has 3 aliphatic carbocycles. The van der Waals surface area contributed by atoms with Crippen LogP contribution in [0.1, 0.15) is 32.6 Å². The number of fused-ring (bicyclic) bond motifs is 2. The molecular formula is C12H16F2O. The van der Waals surface area contributed by atoms with Gasteiger partial charge in [-0.25, -0.2) is 0 Å². The summed E-state index contributed by atoms with van der Waals surface area (Å²) in [5.41, 5.74) is 0. The van der Waals surface area contributed by atoms with Crippen molar-refractivity contribution in [3.8, 4) is 0 Å². The Hall–Kier alpha value is -0.730. The average molecular weight is 214 g/mol. The molecule has 15 heavy (non-hydrogen) atoms. The van der Waals surface area contributed by atoms with Gasteiger partial charge in [-0.05, 0) is 37.0 Å². The topological polar surface area (TPSA) is 17.1 Å². The second-order valence-electron chi connectivity index (χ2n) is 4.90. The first-order valence-corrected chi connectivity index (χ1v) is 5.56. The van der Waals surface area contributed by atoms with E-state index in [2.05, 4.69) is 12.2 Å². The molecule has 0 saturated heterocycles. The van der Waals surface area contributed by atoms with Crippen molar-refractivity contribution >= 4 is 5.78 Å². The van der Waals surface area contributed by atoms with E-state index in [0.29, 0.717) is 18.8 Å². The lowest BCUT2D eigenvalue weighted by molar-refractivity contribution is -0.142. The van der Waals surface area contributed by atoms with Gasteiger partial charge in [-0.15, -0.1) is 0 Å². The maximum absolute atomic E-state index is 12.7. The minimum absolute atomic E-state index is 0.0506. The smallest absolute Gasteiger partial charge is 0.293 e. The summed E-state index contributed by atoms with van der Waals surface area (Å²) in [7, 11) is 0. The van der Waals surface area contributed by atoms with E-state index in [-0.39, 0.29) is 12.3 Å². The summed E-state index contributed by atoms with van der Waals surface area (Å²) < 4.78 is 25.5. The van der Waals surface area contributed by atoms with Crippen LogP contribution < -0.4 is 0 Å². The first kappa shape index (κ1) is 10.8. The van der Waals surface area contributed by atoms with E-state index in [1.807, 2.05) is 0 Å². The van der Waals surface area contributed by atoms with E-state index in [9.17, 15) is 13.6 Å². The molecular weight excluding hydrogens is 198 g/mol. The largest absolute Gasteiger partial charge is 0.302 e. The fraction of sp³-hybridized carbons (Fsp3) is 0.750. The zero-order valence-electron chi connectivity index (χ0n) is 8.88. The number of Topliss-reactive ketones (excluding diaryl/α,β-unsaturated/α-hetero) is 1. The number of alkyl halides is 2. The van der Waals surface area contributed by atoms with Gasteiger partial charge >= 0.3 is 5.92 Å². The maximum Gasteiger partial charge on any atom is 0.302 e. The summed E-state index contributed by atoms with van der Waals surface area (Å²) >= 11 is 0. The molecule has 2 bridgehead atoms. The third-order valence-electron chi connectivity index (χ3n) is 3.65. The van der Waals surface area contributed by atoms with E-state index in [1.165, 1.54) is 0 Å². The summed E-state index contributed by atoms with van der Waals surface area (Å²) in [5, 5.41) is 0. The summed E-state index contributed by atoms with van der Waals surface area (Å²) in [4.78, 5) is 11.2. The third-order valence-corrected chi connectivity index (χ3v) is 3.65. The predicted molar refractivity (Wildman–Crippen MR) is 53.7 cm³/mol. The first-order chi connectivity index (χ1) is 6.97. The monoisotopic (exact) mass is 214 g/mol. The molecule has 0 amide bonds. The number of carbonyl (C=O) groups excluding carboxylic acids is 1. The van der Waals surface area contributed by atoms with Crippen LogP contribution in [-0.4, -0.2) is 11.7 Å². The number of hydrogen-bond acceptors (Lipinski definition) is 1. The molecule has 0 aromatic rings. The standard InChI is InChI=1S/C12H16F2O/c1-12(13,14)11(15)7-10-6-8-2-4-9(10)5-3-8/h2,4,8-10H,3,5-7H2,1H3. The Morgan fingerprint density at radius 1 is 1.40 bits per heavy atom. The third kappa shape index (κ3) is 2.27. The molecule has 3 atom stereocenters. The van der Waals surface area contributed by atoms with Crippen LogP contribution in [0.15, 0.2) is 12.2 Å². The lowest BCUT2D eigenvalue weighted by atomic mass is 9.67. The van der Waals surface area contributed by atoms with Gasteiger partial charge in [0.15, 0.2) is 0 Å². The number of halogens is 2. The highest BCUT2D eigenvalue weighted by atomic mass is 19.3. The zero-order valence-corrected chi connectivity index (χ0v) is 8.88. The number of carbonyl (C=O) groups is 1. The minimum atomic E-state index is -3.15. The molecule has 0 radical (unpaired) electrons. The number of allylic oxidation sites excluding steroid dienone is 2. The molecule has 3 unspecified atom stereocenters. The van der Waals surface area contributed by atoms with Gasteiger partial charge in [-0.1, -0.05) is 12.2 Å². The molecule has 3 rings (SSSR count). The average Bonchev–Trinajstić information content (AvgIpc) is 2.18. The van der Waals surface area contributed by atoms with Gasteiger partial charge in [-0.2, -0.15) is 8.78 Å². The van der Waals surface area contributed by atoms with Crippen molar-refractivity contribution in [2.75, 3.05) is 0 Å². The lowest BCUT2D eigenvalue weighted by Gasteiger charge is -2.38. The van der Waals surface area contributed by atoms with Gasteiger partial charge in [0.25, 0.3) is 0 Å². The SMILES string of the molecule is CC(F)(F)C(=O)CC1CC2C=CC1CC2. The number of rotatable bonds is 3. The summed E-state index contributed by atoms with van der Waals surface area (Å²) in [6.45, 7) is 0.701. The molecule has 0 aromatic carbocycles. The van der Waals surface area contributed by atoms with Crippen molar-refractivity contribution in [3.63, 3.8) is 0 Å². The molecule has 84 valence electrons. The maximum atomic E-state index is 12.7. The van der Waals surface area contributed by atoms with Crippen LogP contribution in [0.25, 0.3) is 0 Å². The molecule has 0 aliphatic heterocycles. The van der Waals surface area contributed by atoms with Crippen LogP contribution in [0.2, 0.25) is 0 Å². The Kier molecular flexibility index (Phi) is 2.65. The quantitative estimate of drug-likeness (QED) is 0.659. The minimum Gasteiger partial charge on any atom is -0.293 e. The number of ketones is 1. The van der Waals surface area contributed by atoms with Crippen LogP contribution >= 0.6 is 0 Å². The van der Waals surface area contributed by atoms with Crippen LogP contribution in [-0.2, 0) is 4.79 Å². The lowest BCUT2D eigenvalue weighted by Crippen LogP contribution is -2.33. The van der Waals surface area contributed by atoms with Gasteiger partial charge < -0.3 is 0 Å². The fourth-order valence-corrected chi connectivity index (χ4v) is 2.70. The Morgan fingerprint density at radius 2 is 2.13 bits per heavy atom. The Morgan fingerprint density at radius 3 is 2.53 bits per heavy atom. The second-order valence-corrected chi connectivity index (χ2v) is 4.90. The molecule has 1 saturated carbocycles. The van der Waals surface area contributed by atoms with Crippen LogP contribution in [0.4, 0.5) is 8.78 Å². The van der Waals surface area contributed by atoms with E-state index in [1.54, 1.807) is 0 Å². The Balaban J connectivity index is 1.97. The molecule has 0 aromatic heterocycles. The van der Waals surface area contributed by atoms with Gasteiger partial charge in [-0.3, -0.25) is 4.79 Å². The van der Waals surface area contributed by atoms with Crippen LogP contribution in [0.3, 0.4) is 0 Å². The molecule has 3 heteroatoms. The Labute approximate surface area is 88.5 Å². The molecule has 3 aliphatic rings. The molecule has 1 nitrogen and oxygen atoms in total. The van der Waals surface area contributed by atoms with E-state index in [0.717, 1.165) is 19.3 Å². The zero-order chi connectivity index (χ0) is 11.1. The highest BCUT2D eigenvalue weighted by Gasteiger charge is 2.38.